The number of halogens is 4. The van der Waals surface area contributed by atoms with Crippen molar-refractivity contribution in [2.24, 2.45) is 0 Å². The first-order valence-electron chi connectivity index (χ1n) is 9.56. The van der Waals surface area contributed by atoms with Crippen LogP contribution in [0.25, 0.3) is 0 Å². The zero-order valence-electron chi connectivity index (χ0n) is 16.9. The van der Waals surface area contributed by atoms with Gasteiger partial charge in [0, 0.05) is 15.7 Å². The molecule has 31 heavy (non-hydrogen) atoms. The van der Waals surface area contributed by atoms with Crippen LogP contribution in [0.15, 0.2) is 30.3 Å². The van der Waals surface area contributed by atoms with Gasteiger partial charge in [-0.25, -0.2) is 23.4 Å². The fourth-order valence-electron chi connectivity index (χ4n) is 2.89. The first-order valence-corrected chi connectivity index (χ1v) is 10.6. The molecule has 3 rings (SSSR count). The molecule has 1 heterocycles. The summed E-state index contributed by atoms with van der Waals surface area (Å²) in [5.74, 6) is -2.81. The largest absolute Gasteiger partial charge is 0.350 e. The van der Waals surface area contributed by atoms with Gasteiger partial charge in [0.2, 0.25) is 0 Å². The molecular formula is C20H23F3IN5O2. The highest BCUT2D eigenvalue weighted by Crippen LogP contribution is 2.42. The van der Waals surface area contributed by atoms with E-state index in [1.54, 1.807) is 6.07 Å². The van der Waals surface area contributed by atoms with Crippen molar-refractivity contribution in [3.05, 3.63) is 56.9 Å². The third-order valence-electron chi connectivity index (χ3n) is 4.51. The van der Waals surface area contributed by atoms with Gasteiger partial charge in [-0.1, -0.05) is 6.07 Å². The van der Waals surface area contributed by atoms with E-state index < -0.39 is 35.8 Å². The molecule has 4 N–H and O–H groups in total. The molecule has 2 amide bonds. The zero-order chi connectivity index (χ0) is 22.5. The molecule has 168 valence electrons. The van der Waals surface area contributed by atoms with Crippen LogP contribution in [0.5, 0.6) is 0 Å². The van der Waals surface area contributed by atoms with Gasteiger partial charge in [-0.2, -0.15) is 0 Å². The number of anilines is 2. The van der Waals surface area contributed by atoms with Crippen molar-refractivity contribution in [2.45, 2.75) is 18.8 Å². The van der Waals surface area contributed by atoms with Crippen LogP contribution in [0.2, 0.25) is 0 Å². The highest BCUT2D eigenvalue weighted by molar-refractivity contribution is 14.1. The van der Waals surface area contributed by atoms with Gasteiger partial charge in [-0.15, -0.1) is 0 Å². The van der Waals surface area contributed by atoms with Crippen molar-refractivity contribution in [1.82, 2.24) is 21.1 Å². The number of nitrogens with one attached hydrogen (secondary N) is 4. The minimum atomic E-state index is -1.14. The first-order chi connectivity index (χ1) is 14.8. The maximum atomic E-state index is 14.5. The van der Waals surface area contributed by atoms with E-state index in [0.29, 0.717) is 15.7 Å². The van der Waals surface area contributed by atoms with Crippen molar-refractivity contribution in [2.75, 3.05) is 32.5 Å². The number of epoxide rings is 1. The molecule has 7 nitrogen and oxygen atoms in total. The maximum absolute atomic E-state index is 14.5. The first kappa shape index (κ1) is 23.6. The molecule has 2 unspecified atom stereocenters. The highest BCUT2D eigenvalue weighted by Gasteiger charge is 2.43. The number of urea groups is 1. The Hall–Kier alpha value is -2.09. The van der Waals surface area contributed by atoms with Gasteiger partial charge in [0.1, 0.15) is 11.9 Å². The van der Waals surface area contributed by atoms with E-state index in [4.69, 9.17) is 4.74 Å². The van der Waals surface area contributed by atoms with Gasteiger partial charge in [0.25, 0.3) is 0 Å². The van der Waals surface area contributed by atoms with Crippen LogP contribution < -0.4 is 21.5 Å². The summed E-state index contributed by atoms with van der Waals surface area (Å²) in [5.41, 5.74) is 5.22. The molecule has 0 spiro atoms. The molecule has 2 aromatic rings. The lowest BCUT2D eigenvalue weighted by atomic mass is 10.1. The lowest BCUT2D eigenvalue weighted by molar-refractivity contribution is 0.230. The Morgan fingerprint density at radius 2 is 1.94 bits per heavy atom. The SMILES string of the molecule is CN(C)CCCNC(=O)NNC1OC1c1ccc(F)c(F)c1Nc1ccc(I)cc1F. The number of amides is 2. The van der Waals surface area contributed by atoms with Gasteiger partial charge in [-0.05, 0) is 73.9 Å². The zero-order valence-corrected chi connectivity index (χ0v) is 19.1. The topological polar surface area (TPSA) is 81.0 Å². The molecule has 0 radical (unpaired) electrons. The summed E-state index contributed by atoms with van der Waals surface area (Å²) in [6.07, 6.45) is -0.500. The number of hydrazine groups is 1. The Kier molecular flexibility index (Phi) is 7.97. The van der Waals surface area contributed by atoms with Crippen LogP contribution >= 0.6 is 22.6 Å². The van der Waals surface area contributed by atoms with Crippen LogP contribution in [0.1, 0.15) is 18.1 Å². The summed E-state index contributed by atoms with van der Waals surface area (Å²) in [7, 11) is 3.89. The molecule has 2 aromatic carbocycles. The Morgan fingerprint density at radius 1 is 1.16 bits per heavy atom. The van der Waals surface area contributed by atoms with Crippen LogP contribution in [-0.4, -0.2) is 44.3 Å². The van der Waals surface area contributed by atoms with E-state index in [-0.39, 0.29) is 11.4 Å². The maximum Gasteiger partial charge on any atom is 0.329 e. The number of hydrogen-bond acceptors (Lipinski definition) is 5. The van der Waals surface area contributed by atoms with Gasteiger partial charge < -0.3 is 20.3 Å². The van der Waals surface area contributed by atoms with Gasteiger partial charge >= 0.3 is 6.03 Å². The molecular weight excluding hydrogens is 526 g/mol. The molecule has 0 aromatic heterocycles. The number of hydrogen-bond donors (Lipinski definition) is 4. The summed E-state index contributed by atoms with van der Waals surface area (Å²) in [5, 5.41) is 5.31. The quantitative estimate of drug-likeness (QED) is 0.167. The second kappa shape index (κ2) is 10.5. The fraction of sp³-hybridized carbons (Fsp3) is 0.350. The van der Waals surface area contributed by atoms with E-state index >= 15 is 0 Å². The third kappa shape index (κ3) is 6.45. The van der Waals surface area contributed by atoms with E-state index in [9.17, 15) is 18.0 Å². The van der Waals surface area contributed by atoms with Crippen LogP contribution in [0.3, 0.4) is 0 Å². The summed E-state index contributed by atoms with van der Waals surface area (Å²) in [6.45, 7) is 1.34. The highest BCUT2D eigenvalue weighted by atomic mass is 127. The summed E-state index contributed by atoms with van der Waals surface area (Å²) >= 11 is 1.95. The number of benzene rings is 2. The van der Waals surface area contributed by atoms with Crippen LogP contribution in [0.4, 0.5) is 29.3 Å². The van der Waals surface area contributed by atoms with E-state index in [0.717, 1.165) is 19.0 Å². The Balaban J connectivity index is 1.61. The minimum Gasteiger partial charge on any atom is -0.350 e. The smallest absolute Gasteiger partial charge is 0.329 e. The molecule has 0 saturated carbocycles. The van der Waals surface area contributed by atoms with Crippen molar-refractivity contribution >= 4 is 40.0 Å². The predicted octanol–water partition coefficient (Wildman–Crippen LogP) is 3.61. The second-order valence-corrected chi connectivity index (χ2v) is 8.48. The second-order valence-electron chi connectivity index (χ2n) is 7.23. The minimum absolute atomic E-state index is 0.00607. The molecule has 1 aliphatic heterocycles. The average Bonchev–Trinajstić information content (AvgIpc) is 3.48. The summed E-state index contributed by atoms with van der Waals surface area (Å²) in [4.78, 5) is 13.8. The van der Waals surface area contributed by atoms with Crippen LogP contribution in [-0.2, 0) is 4.74 Å². The van der Waals surface area contributed by atoms with E-state index in [2.05, 4.69) is 21.5 Å². The normalized spacial score (nSPS) is 17.5. The van der Waals surface area contributed by atoms with Crippen molar-refractivity contribution in [3.8, 4) is 0 Å². The molecule has 2 atom stereocenters. The van der Waals surface area contributed by atoms with E-state index in [1.807, 2.05) is 41.6 Å². The molecule has 0 aliphatic carbocycles. The molecule has 1 saturated heterocycles. The molecule has 1 fully saturated rings. The Labute approximate surface area is 191 Å². The standard InChI is InChI=1S/C20H23F3IN5O2/c1-29(2)9-3-8-25-20(30)28-27-19-18(31-19)12-5-6-13(21)16(23)17(12)26-15-7-4-11(24)10-14(15)22/h4-7,10,18-19,26-27H,3,8-9H2,1-2H3,(H2,25,28,30). The van der Waals surface area contributed by atoms with Gasteiger partial charge in [0.15, 0.2) is 17.9 Å². The third-order valence-corrected chi connectivity index (χ3v) is 5.18. The Bertz CT molecular complexity index is 947. The average molecular weight is 549 g/mol. The van der Waals surface area contributed by atoms with Gasteiger partial charge in [0.05, 0.1) is 11.4 Å². The molecule has 0 bridgehead atoms. The number of ether oxygens (including phenoxy) is 1. The predicted molar refractivity (Wildman–Crippen MR) is 119 cm³/mol. The fourth-order valence-corrected chi connectivity index (χ4v) is 3.35. The van der Waals surface area contributed by atoms with Crippen molar-refractivity contribution < 1.29 is 22.7 Å². The lowest BCUT2D eigenvalue weighted by Gasteiger charge is -2.14. The van der Waals surface area contributed by atoms with Crippen molar-refractivity contribution in [3.63, 3.8) is 0 Å². The number of nitrogens with zero attached hydrogens (tertiary/aromatic N) is 1. The molecule has 1 aliphatic rings. The molecule has 11 heteroatoms. The summed E-state index contributed by atoms with van der Waals surface area (Å²) in [6, 6.07) is 6.26. The summed E-state index contributed by atoms with van der Waals surface area (Å²) < 4.78 is 48.6. The number of rotatable bonds is 9. The number of carbonyl (C=O) groups excluding carboxylic acids is 1. The Morgan fingerprint density at radius 3 is 2.65 bits per heavy atom. The number of carbonyl (C=O) groups is 1. The van der Waals surface area contributed by atoms with Crippen molar-refractivity contribution in [1.29, 1.82) is 0 Å². The van der Waals surface area contributed by atoms with Gasteiger partial charge in [-0.3, -0.25) is 5.43 Å². The van der Waals surface area contributed by atoms with E-state index in [1.165, 1.54) is 18.2 Å². The monoisotopic (exact) mass is 549 g/mol. The van der Waals surface area contributed by atoms with Crippen LogP contribution in [0, 0.1) is 21.0 Å². The lowest BCUT2D eigenvalue weighted by Crippen LogP contribution is -2.46.